The van der Waals surface area contributed by atoms with E-state index in [2.05, 4.69) is 4.90 Å². The lowest BCUT2D eigenvalue weighted by molar-refractivity contribution is 0.0339. The van der Waals surface area contributed by atoms with Crippen LogP contribution in [0.2, 0.25) is 0 Å². The van der Waals surface area contributed by atoms with Crippen LogP contribution in [-0.4, -0.2) is 36.3 Å². The van der Waals surface area contributed by atoms with Crippen molar-refractivity contribution in [2.45, 2.75) is 6.54 Å². The highest BCUT2D eigenvalue weighted by Gasteiger charge is 2.18. The summed E-state index contributed by atoms with van der Waals surface area (Å²) in [6, 6.07) is 14.2. The Kier molecular flexibility index (Phi) is 4.26. The molecule has 5 heteroatoms. The number of hydrogen-bond donors (Lipinski definition) is 1. The first-order valence-corrected chi connectivity index (χ1v) is 8.36. The van der Waals surface area contributed by atoms with Gasteiger partial charge in [-0.1, -0.05) is 30.3 Å². The second kappa shape index (κ2) is 6.70. The third-order valence-corrected chi connectivity index (χ3v) is 4.52. The zero-order valence-corrected chi connectivity index (χ0v) is 13.8. The van der Waals surface area contributed by atoms with Gasteiger partial charge in [0.2, 0.25) is 0 Å². The molecule has 128 valence electrons. The van der Waals surface area contributed by atoms with Crippen LogP contribution in [0.15, 0.2) is 57.7 Å². The summed E-state index contributed by atoms with van der Waals surface area (Å²) in [7, 11) is 0. The molecular formula is C20H19NO4. The third-order valence-electron chi connectivity index (χ3n) is 4.52. The number of fused-ring (bicyclic) bond motifs is 1. The van der Waals surface area contributed by atoms with Gasteiger partial charge in [0.05, 0.1) is 24.2 Å². The molecular weight excluding hydrogens is 318 g/mol. The molecule has 1 fully saturated rings. The first kappa shape index (κ1) is 15.9. The van der Waals surface area contributed by atoms with Crippen molar-refractivity contribution < 1.29 is 14.3 Å². The minimum absolute atomic E-state index is 0.108. The summed E-state index contributed by atoms with van der Waals surface area (Å²) in [5.41, 5.74) is 1.83. The van der Waals surface area contributed by atoms with E-state index in [9.17, 15) is 9.90 Å². The molecule has 0 amide bonds. The van der Waals surface area contributed by atoms with Crippen molar-refractivity contribution in [3.8, 4) is 17.1 Å². The van der Waals surface area contributed by atoms with Crippen LogP contribution in [0.25, 0.3) is 22.3 Å². The molecule has 2 heterocycles. The second-order valence-corrected chi connectivity index (χ2v) is 6.17. The fraction of sp³-hybridized carbons (Fsp3) is 0.250. The third kappa shape index (κ3) is 3.16. The lowest BCUT2D eigenvalue weighted by Gasteiger charge is -2.27. The van der Waals surface area contributed by atoms with Crippen LogP contribution in [0.1, 0.15) is 5.56 Å². The van der Waals surface area contributed by atoms with Crippen LogP contribution >= 0.6 is 0 Å². The molecule has 3 aromatic rings. The lowest BCUT2D eigenvalue weighted by Crippen LogP contribution is -2.35. The summed E-state index contributed by atoms with van der Waals surface area (Å²) in [6.07, 6.45) is 0. The second-order valence-electron chi connectivity index (χ2n) is 6.17. The van der Waals surface area contributed by atoms with Gasteiger partial charge in [-0.3, -0.25) is 9.69 Å². The lowest BCUT2D eigenvalue weighted by atomic mass is 10.1. The van der Waals surface area contributed by atoms with Gasteiger partial charge in [-0.05, 0) is 12.1 Å². The zero-order valence-electron chi connectivity index (χ0n) is 13.8. The molecule has 5 nitrogen and oxygen atoms in total. The van der Waals surface area contributed by atoms with E-state index in [1.807, 2.05) is 30.3 Å². The molecule has 0 atom stereocenters. The number of phenols is 1. The average Bonchev–Trinajstić information content (AvgIpc) is 2.65. The van der Waals surface area contributed by atoms with Crippen molar-refractivity contribution >= 4 is 11.0 Å². The molecule has 1 saturated heterocycles. The Labute approximate surface area is 145 Å². The Bertz CT molecular complexity index is 943. The maximum absolute atomic E-state index is 12.6. The van der Waals surface area contributed by atoms with E-state index < -0.39 is 0 Å². The average molecular weight is 337 g/mol. The van der Waals surface area contributed by atoms with Crippen molar-refractivity contribution in [2.75, 3.05) is 26.3 Å². The minimum Gasteiger partial charge on any atom is -0.507 e. The molecule has 25 heavy (non-hydrogen) atoms. The maximum Gasteiger partial charge on any atom is 0.193 e. The standard InChI is InChI=1S/C20H19NO4/c22-17-7-6-15-18(23)12-19(14-4-2-1-3-5-14)25-20(15)16(17)13-21-8-10-24-11-9-21/h1-7,12,22H,8-11,13H2. The Morgan fingerprint density at radius 1 is 1.04 bits per heavy atom. The maximum atomic E-state index is 12.6. The van der Waals surface area contributed by atoms with Gasteiger partial charge >= 0.3 is 0 Å². The van der Waals surface area contributed by atoms with Crippen molar-refractivity contribution in [3.63, 3.8) is 0 Å². The molecule has 2 aromatic carbocycles. The number of phenolic OH excluding ortho intramolecular Hbond substituents is 1. The fourth-order valence-electron chi connectivity index (χ4n) is 3.14. The summed E-state index contributed by atoms with van der Waals surface area (Å²) in [5, 5.41) is 10.9. The van der Waals surface area contributed by atoms with E-state index in [0.717, 1.165) is 18.7 Å². The molecule has 0 radical (unpaired) electrons. The molecule has 0 bridgehead atoms. The first-order chi connectivity index (χ1) is 12.2. The van der Waals surface area contributed by atoms with E-state index >= 15 is 0 Å². The van der Waals surface area contributed by atoms with Gasteiger partial charge < -0.3 is 14.3 Å². The van der Waals surface area contributed by atoms with Crippen LogP contribution in [0, 0.1) is 0 Å². The number of morpholine rings is 1. The normalized spacial score (nSPS) is 15.5. The van der Waals surface area contributed by atoms with Crippen LogP contribution in [0.5, 0.6) is 5.75 Å². The Morgan fingerprint density at radius 2 is 1.80 bits per heavy atom. The molecule has 0 spiro atoms. The molecule has 0 unspecified atom stereocenters. The van der Waals surface area contributed by atoms with Crippen LogP contribution in [0.3, 0.4) is 0 Å². The highest BCUT2D eigenvalue weighted by molar-refractivity contribution is 5.83. The molecule has 1 aliphatic heterocycles. The van der Waals surface area contributed by atoms with Crippen LogP contribution in [-0.2, 0) is 11.3 Å². The molecule has 0 aliphatic carbocycles. The van der Waals surface area contributed by atoms with E-state index in [-0.39, 0.29) is 11.2 Å². The minimum atomic E-state index is -0.108. The Hall–Kier alpha value is -2.63. The van der Waals surface area contributed by atoms with Gasteiger partial charge in [0.25, 0.3) is 0 Å². The predicted molar refractivity (Wildman–Crippen MR) is 95.7 cm³/mol. The van der Waals surface area contributed by atoms with Gasteiger partial charge in [-0.15, -0.1) is 0 Å². The molecule has 1 aromatic heterocycles. The summed E-state index contributed by atoms with van der Waals surface area (Å²) in [5.74, 6) is 0.652. The van der Waals surface area contributed by atoms with Crippen LogP contribution in [0.4, 0.5) is 0 Å². The van der Waals surface area contributed by atoms with Crippen molar-refractivity contribution in [3.05, 3.63) is 64.3 Å². The topological polar surface area (TPSA) is 62.9 Å². The quantitative estimate of drug-likeness (QED) is 0.796. The number of ether oxygens (including phenoxy) is 1. The number of hydrogen-bond acceptors (Lipinski definition) is 5. The SMILES string of the molecule is O=c1cc(-c2ccccc2)oc2c(CN3CCOCC3)c(O)ccc12. The summed E-state index contributed by atoms with van der Waals surface area (Å²) in [4.78, 5) is 14.7. The molecule has 1 aliphatic rings. The highest BCUT2D eigenvalue weighted by Crippen LogP contribution is 2.30. The van der Waals surface area contributed by atoms with Gasteiger partial charge in [0.15, 0.2) is 5.43 Å². The molecule has 4 rings (SSSR count). The molecule has 0 saturated carbocycles. The van der Waals surface area contributed by atoms with Crippen molar-refractivity contribution in [1.29, 1.82) is 0 Å². The van der Waals surface area contributed by atoms with Crippen LogP contribution < -0.4 is 5.43 Å². The predicted octanol–water partition coefficient (Wildman–Crippen LogP) is 3.00. The monoisotopic (exact) mass is 337 g/mol. The van der Waals surface area contributed by atoms with Gasteiger partial charge in [-0.2, -0.15) is 0 Å². The first-order valence-electron chi connectivity index (χ1n) is 8.36. The Morgan fingerprint density at radius 3 is 2.56 bits per heavy atom. The van der Waals surface area contributed by atoms with E-state index in [0.29, 0.717) is 42.1 Å². The number of benzene rings is 2. The summed E-state index contributed by atoms with van der Waals surface area (Å²) in [6.45, 7) is 3.44. The van der Waals surface area contributed by atoms with E-state index in [1.54, 1.807) is 12.1 Å². The van der Waals surface area contributed by atoms with Crippen molar-refractivity contribution in [2.24, 2.45) is 0 Å². The number of aromatic hydroxyl groups is 1. The smallest absolute Gasteiger partial charge is 0.193 e. The van der Waals surface area contributed by atoms with Gasteiger partial charge in [0.1, 0.15) is 17.1 Å². The number of nitrogens with zero attached hydrogens (tertiary/aromatic N) is 1. The van der Waals surface area contributed by atoms with E-state index in [1.165, 1.54) is 6.07 Å². The largest absolute Gasteiger partial charge is 0.507 e. The van der Waals surface area contributed by atoms with Gasteiger partial charge in [-0.25, -0.2) is 0 Å². The van der Waals surface area contributed by atoms with Crippen molar-refractivity contribution in [1.82, 2.24) is 4.90 Å². The fourth-order valence-corrected chi connectivity index (χ4v) is 3.14. The highest BCUT2D eigenvalue weighted by atomic mass is 16.5. The zero-order chi connectivity index (χ0) is 17.2. The van der Waals surface area contributed by atoms with Gasteiger partial charge in [0, 0.05) is 31.3 Å². The summed E-state index contributed by atoms with van der Waals surface area (Å²) < 4.78 is 11.4. The van der Waals surface area contributed by atoms with E-state index in [4.69, 9.17) is 9.15 Å². The summed E-state index contributed by atoms with van der Waals surface area (Å²) >= 11 is 0. The Balaban J connectivity index is 1.84. The molecule has 1 N–H and O–H groups in total. The number of rotatable bonds is 3.